The Morgan fingerprint density at radius 1 is 1.11 bits per heavy atom. The second-order valence-corrected chi connectivity index (χ2v) is 6.92. The molecule has 1 aromatic carbocycles. The molecule has 0 unspecified atom stereocenters. The van der Waals surface area contributed by atoms with Crippen LogP contribution in [0.15, 0.2) is 36.7 Å². The maximum atomic E-state index is 11.7. The average molecular weight is 382 g/mol. The van der Waals surface area contributed by atoms with Gasteiger partial charge in [-0.15, -0.1) is 0 Å². The Labute approximate surface area is 165 Å². The van der Waals surface area contributed by atoms with Crippen LogP contribution < -0.4 is 10.6 Å². The molecule has 2 aromatic rings. The molecule has 0 atom stereocenters. The molecular formula is C20H26N6O2. The molecule has 8 heteroatoms. The van der Waals surface area contributed by atoms with Crippen LogP contribution in [-0.4, -0.2) is 71.4 Å². The number of piperazine rings is 1. The molecule has 0 spiro atoms. The van der Waals surface area contributed by atoms with Crippen molar-refractivity contribution in [2.24, 2.45) is 5.73 Å². The third-order valence-corrected chi connectivity index (χ3v) is 4.93. The number of amides is 2. The summed E-state index contributed by atoms with van der Waals surface area (Å²) in [6.45, 7) is 4.95. The molecule has 1 aliphatic rings. The minimum absolute atomic E-state index is 0.00612. The molecule has 0 saturated carbocycles. The molecule has 8 nitrogen and oxygen atoms in total. The van der Waals surface area contributed by atoms with Gasteiger partial charge in [0.05, 0.1) is 6.54 Å². The van der Waals surface area contributed by atoms with E-state index in [0.29, 0.717) is 25.6 Å². The van der Waals surface area contributed by atoms with Crippen LogP contribution in [-0.2, 0) is 16.1 Å². The van der Waals surface area contributed by atoms with Gasteiger partial charge in [0.1, 0.15) is 0 Å². The molecule has 2 N–H and O–H groups in total. The van der Waals surface area contributed by atoms with Crippen LogP contribution in [0.3, 0.4) is 0 Å². The van der Waals surface area contributed by atoms with Gasteiger partial charge in [-0.1, -0.05) is 18.2 Å². The van der Waals surface area contributed by atoms with E-state index in [1.165, 1.54) is 0 Å². The van der Waals surface area contributed by atoms with Crippen LogP contribution in [0.1, 0.15) is 12.5 Å². The maximum Gasteiger partial charge on any atom is 0.236 e. The van der Waals surface area contributed by atoms with E-state index in [9.17, 15) is 9.59 Å². The van der Waals surface area contributed by atoms with Crippen molar-refractivity contribution >= 4 is 17.8 Å². The highest BCUT2D eigenvalue weighted by Crippen LogP contribution is 2.21. The van der Waals surface area contributed by atoms with Gasteiger partial charge in [-0.3, -0.25) is 9.59 Å². The Hall–Kier alpha value is -3.00. The molecule has 0 aliphatic carbocycles. The molecule has 1 aromatic heterocycles. The summed E-state index contributed by atoms with van der Waals surface area (Å²) in [6, 6.07) is 7.97. The van der Waals surface area contributed by atoms with Gasteiger partial charge in [0, 0.05) is 64.7 Å². The standard InChI is InChI=1S/C20H26N6O2/c1-15(27)25-6-8-26(9-7-25)20-22-12-18(13-23-20)17-5-3-4-16(10-17)14-24(2)19(28)11-21/h3-5,10,12-13H,6-9,11,14,21H2,1-2H3. The Kier molecular flexibility index (Phi) is 6.20. The number of rotatable bonds is 5. The lowest BCUT2D eigenvalue weighted by atomic mass is 10.1. The summed E-state index contributed by atoms with van der Waals surface area (Å²) in [5, 5.41) is 0. The fourth-order valence-electron chi connectivity index (χ4n) is 3.22. The number of hydrogen-bond acceptors (Lipinski definition) is 6. The third kappa shape index (κ3) is 4.64. The van der Waals surface area contributed by atoms with Crippen molar-refractivity contribution in [1.29, 1.82) is 0 Å². The lowest BCUT2D eigenvalue weighted by Gasteiger charge is -2.34. The van der Waals surface area contributed by atoms with Crippen molar-refractivity contribution in [2.75, 3.05) is 44.7 Å². The first kappa shape index (κ1) is 19.8. The lowest BCUT2D eigenvalue weighted by molar-refractivity contribution is -0.129. The number of carbonyl (C=O) groups excluding carboxylic acids is 2. The molecule has 1 saturated heterocycles. The van der Waals surface area contributed by atoms with Crippen LogP contribution in [0.25, 0.3) is 11.1 Å². The number of aromatic nitrogens is 2. The number of hydrogen-bond donors (Lipinski definition) is 1. The van der Waals surface area contributed by atoms with Gasteiger partial charge in [0.15, 0.2) is 0 Å². The quantitative estimate of drug-likeness (QED) is 0.819. The van der Waals surface area contributed by atoms with E-state index in [2.05, 4.69) is 14.9 Å². The van der Waals surface area contributed by atoms with Crippen molar-refractivity contribution in [3.63, 3.8) is 0 Å². The Morgan fingerprint density at radius 3 is 2.39 bits per heavy atom. The first-order valence-corrected chi connectivity index (χ1v) is 9.34. The first-order valence-electron chi connectivity index (χ1n) is 9.34. The van der Waals surface area contributed by atoms with E-state index in [0.717, 1.165) is 29.8 Å². The van der Waals surface area contributed by atoms with E-state index >= 15 is 0 Å². The fourth-order valence-corrected chi connectivity index (χ4v) is 3.22. The molecule has 0 radical (unpaired) electrons. The summed E-state index contributed by atoms with van der Waals surface area (Å²) in [6.07, 6.45) is 3.63. The molecule has 0 bridgehead atoms. The highest BCUT2D eigenvalue weighted by Gasteiger charge is 2.20. The van der Waals surface area contributed by atoms with Crippen molar-refractivity contribution in [3.05, 3.63) is 42.2 Å². The number of nitrogens with zero attached hydrogens (tertiary/aromatic N) is 5. The zero-order valence-corrected chi connectivity index (χ0v) is 16.3. The summed E-state index contributed by atoms with van der Waals surface area (Å²) >= 11 is 0. The van der Waals surface area contributed by atoms with Gasteiger partial charge < -0.3 is 20.4 Å². The van der Waals surface area contributed by atoms with E-state index in [1.807, 2.05) is 41.6 Å². The zero-order chi connectivity index (χ0) is 20.1. The predicted molar refractivity (Wildman–Crippen MR) is 107 cm³/mol. The van der Waals surface area contributed by atoms with Gasteiger partial charge in [-0.2, -0.15) is 0 Å². The number of likely N-dealkylation sites (N-methyl/N-ethyl adjacent to an activating group) is 1. The summed E-state index contributed by atoms with van der Waals surface area (Å²) in [4.78, 5) is 37.7. The van der Waals surface area contributed by atoms with E-state index in [4.69, 9.17) is 5.73 Å². The van der Waals surface area contributed by atoms with E-state index < -0.39 is 0 Å². The third-order valence-electron chi connectivity index (χ3n) is 4.93. The maximum absolute atomic E-state index is 11.7. The fraction of sp³-hybridized carbons (Fsp3) is 0.400. The second-order valence-electron chi connectivity index (χ2n) is 6.92. The first-order chi connectivity index (χ1) is 13.5. The van der Waals surface area contributed by atoms with E-state index in [1.54, 1.807) is 18.9 Å². The molecule has 28 heavy (non-hydrogen) atoms. The number of benzene rings is 1. The van der Waals surface area contributed by atoms with Crippen LogP contribution in [0.2, 0.25) is 0 Å². The minimum atomic E-state index is -0.0945. The van der Waals surface area contributed by atoms with Gasteiger partial charge in [-0.05, 0) is 17.2 Å². The minimum Gasteiger partial charge on any atom is -0.340 e. The highest BCUT2D eigenvalue weighted by atomic mass is 16.2. The van der Waals surface area contributed by atoms with Crippen molar-refractivity contribution < 1.29 is 9.59 Å². The molecule has 148 valence electrons. The number of carbonyl (C=O) groups is 2. The normalized spacial score (nSPS) is 14.1. The Balaban J connectivity index is 1.68. The van der Waals surface area contributed by atoms with Gasteiger partial charge >= 0.3 is 0 Å². The van der Waals surface area contributed by atoms with Crippen molar-refractivity contribution in [3.8, 4) is 11.1 Å². The van der Waals surface area contributed by atoms with Crippen LogP contribution in [0.5, 0.6) is 0 Å². The van der Waals surface area contributed by atoms with Gasteiger partial charge in [-0.25, -0.2) is 9.97 Å². The van der Waals surface area contributed by atoms with Gasteiger partial charge in [0.25, 0.3) is 0 Å². The summed E-state index contributed by atoms with van der Waals surface area (Å²) in [5.41, 5.74) is 8.35. The molecule has 1 fully saturated rings. The predicted octanol–water partition coefficient (Wildman–Crippen LogP) is 0.729. The second kappa shape index (κ2) is 8.79. The zero-order valence-electron chi connectivity index (χ0n) is 16.3. The van der Waals surface area contributed by atoms with Gasteiger partial charge in [0.2, 0.25) is 17.8 Å². The SMILES string of the molecule is CC(=O)N1CCN(c2ncc(-c3cccc(CN(C)C(=O)CN)c3)cn2)CC1. The Bertz CT molecular complexity index is 831. The monoisotopic (exact) mass is 382 g/mol. The molecular weight excluding hydrogens is 356 g/mol. The van der Waals surface area contributed by atoms with E-state index in [-0.39, 0.29) is 18.4 Å². The number of nitrogens with two attached hydrogens (primary N) is 1. The van der Waals surface area contributed by atoms with Crippen molar-refractivity contribution in [2.45, 2.75) is 13.5 Å². The summed E-state index contributed by atoms with van der Waals surface area (Å²) in [5.74, 6) is 0.689. The molecule has 2 amide bonds. The lowest BCUT2D eigenvalue weighted by Crippen LogP contribution is -2.48. The number of anilines is 1. The highest BCUT2D eigenvalue weighted by molar-refractivity contribution is 5.77. The molecule has 1 aliphatic heterocycles. The Morgan fingerprint density at radius 2 is 1.79 bits per heavy atom. The average Bonchev–Trinajstić information content (AvgIpc) is 2.73. The van der Waals surface area contributed by atoms with Crippen LogP contribution >= 0.6 is 0 Å². The topological polar surface area (TPSA) is 95.7 Å². The van der Waals surface area contributed by atoms with Crippen LogP contribution in [0, 0.1) is 0 Å². The van der Waals surface area contributed by atoms with Crippen LogP contribution in [0.4, 0.5) is 5.95 Å². The summed E-state index contributed by atoms with van der Waals surface area (Å²) in [7, 11) is 1.74. The largest absolute Gasteiger partial charge is 0.340 e. The molecule has 3 rings (SSSR count). The molecule has 2 heterocycles. The summed E-state index contributed by atoms with van der Waals surface area (Å²) < 4.78 is 0. The van der Waals surface area contributed by atoms with Crippen molar-refractivity contribution in [1.82, 2.24) is 19.8 Å². The smallest absolute Gasteiger partial charge is 0.236 e.